The Hall–Kier alpha value is -3.08. The summed E-state index contributed by atoms with van der Waals surface area (Å²) in [5.41, 5.74) is 1.70. The molecule has 0 saturated heterocycles. The third-order valence-corrected chi connectivity index (χ3v) is 11.4. The minimum Gasteiger partial charge on any atom is -0.490 e. The number of benzene rings is 3. The summed E-state index contributed by atoms with van der Waals surface area (Å²) in [6, 6.07) is 12.9. The third kappa shape index (κ3) is 9.79. The van der Waals surface area contributed by atoms with Gasteiger partial charge in [0.05, 0.1) is 6.61 Å². The molecule has 0 radical (unpaired) electrons. The second-order valence-corrected chi connectivity index (χ2v) is 14.7. The van der Waals surface area contributed by atoms with Gasteiger partial charge in [-0.1, -0.05) is 107 Å². The van der Waals surface area contributed by atoms with Crippen LogP contribution in [0.2, 0.25) is 0 Å². The Labute approximate surface area is 292 Å². The fourth-order valence-corrected chi connectivity index (χ4v) is 8.39. The van der Waals surface area contributed by atoms with Crippen LogP contribution in [0.25, 0.3) is 22.3 Å². The van der Waals surface area contributed by atoms with E-state index in [4.69, 9.17) is 4.74 Å². The molecule has 2 aliphatic rings. The van der Waals surface area contributed by atoms with Crippen LogP contribution in [0.5, 0.6) is 5.75 Å². The highest BCUT2D eigenvalue weighted by Crippen LogP contribution is 2.45. The van der Waals surface area contributed by atoms with E-state index in [2.05, 4.69) is 26.0 Å². The van der Waals surface area contributed by atoms with Crippen LogP contribution in [-0.4, -0.2) is 6.61 Å². The molecule has 3 aromatic rings. The molecule has 2 fully saturated rings. The molecule has 0 heterocycles. The second kappa shape index (κ2) is 18.8. The van der Waals surface area contributed by atoms with Crippen molar-refractivity contribution in [1.82, 2.24) is 0 Å². The van der Waals surface area contributed by atoms with Gasteiger partial charge in [-0.2, -0.15) is 4.39 Å². The Bertz CT molecular complexity index is 1480. The molecule has 5 rings (SSSR count). The lowest BCUT2D eigenvalue weighted by atomic mass is 9.68. The van der Waals surface area contributed by atoms with E-state index in [1.54, 1.807) is 36.4 Å². The van der Waals surface area contributed by atoms with Gasteiger partial charge in [-0.3, -0.25) is 0 Å². The molecule has 0 aliphatic heterocycles. The van der Waals surface area contributed by atoms with Crippen LogP contribution >= 0.6 is 0 Å². The van der Waals surface area contributed by atoms with Crippen LogP contribution < -0.4 is 4.74 Å². The van der Waals surface area contributed by atoms with Crippen LogP contribution in [0.15, 0.2) is 60.7 Å². The van der Waals surface area contributed by atoms with Gasteiger partial charge in [0.15, 0.2) is 23.2 Å². The molecule has 0 aromatic heterocycles. The maximum Gasteiger partial charge on any atom is 0.201 e. The lowest BCUT2D eigenvalue weighted by Crippen LogP contribution is -2.25. The van der Waals surface area contributed by atoms with Crippen LogP contribution in [0.4, 0.5) is 17.6 Å². The predicted octanol–water partition coefficient (Wildman–Crippen LogP) is 14.1. The largest absolute Gasteiger partial charge is 0.490 e. The molecule has 0 atom stereocenters. The minimum absolute atomic E-state index is 0.0414. The summed E-state index contributed by atoms with van der Waals surface area (Å²) in [6.07, 6.45) is 24.0. The zero-order chi connectivity index (χ0) is 34.6. The van der Waals surface area contributed by atoms with Crippen LogP contribution in [0.1, 0.15) is 134 Å². The average molecular weight is 677 g/mol. The Kier molecular flexibility index (Phi) is 14.3. The molecule has 266 valence electrons. The highest BCUT2D eigenvalue weighted by molar-refractivity contribution is 5.72. The molecule has 5 heteroatoms. The van der Waals surface area contributed by atoms with Gasteiger partial charge in [-0.25, -0.2) is 13.2 Å². The first-order valence-electron chi connectivity index (χ1n) is 19.2. The molecule has 0 spiro atoms. The summed E-state index contributed by atoms with van der Waals surface area (Å²) >= 11 is 0. The molecule has 0 bridgehead atoms. The van der Waals surface area contributed by atoms with Gasteiger partial charge in [0.2, 0.25) is 5.82 Å². The standard InChI is InChI=1S/C44H56F4O/c1-3-5-7-8-9-10-12-30-49-40-29-28-39(43(47)44(40)48)36-24-22-35(23-25-36)38-27-26-37(41(45)42(38)46)34-20-18-33(19-21-34)32-16-14-31(15-17-32)13-11-6-4-2/h4,6,22-29,31-34H,3,5,7-21,30H2,1-2H3/b6-4+. The molecule has 0 amide bonds. The molecule has 3 aromatic carbocycles. The number of hydrogen-bond acceptors (Lipinski definition) is 1. The van der Waals surface area contributed by atoms with Crippen LogP contribution in [0, 0.1) is 41.0 Å². The van der Waals surface area contributed by atoms with E-state index in [0.29, 0.717) is 29.2 Å². The fourth-order valence-electron chi connectivity index (χ4n) is 8.39. The lowest BCUT2D eigenvalue weighted by Gasteiger charge is -2.38. The van der Waals surface area contributed by atoms with Gasteiger partial charge in [0.25, 0.3) is 0 Å². The number of rotatable bonds is 16. The Morgan fingerprint density at radius 3 is 1.78 bits per heavy atom. The topological polar surface area (TPSA) is 9.23 Å². The zero-order valence-electron chi connectivity index (χ0n) is 29.7. The highest BCUT2D eigenvalue weighted by atomic mass is 19.2. The first kappa shape index (κ1) is 37.2. The monoisotopic (exact) mass is 676 g/mol. The van der Waals surface area contributed by atoms with Gasteiger partial charge in [-0.05, 0) is 117 Å². The number of ether oxygens (including phenoxy) is 1. The maximum atomic E-state index is 15.5. The van der Waals surface area contributed by atoms with Crippen molar-refractivity contribution >= 4 is 0 Å². The summed E-state index contributed by atoms with van der Waals surface area (Å²) < 4.78 is 66.6. The van der Waals surface area contributed by atoms with Crippen molar-refractivity contribution in [3.63, 3.8) is 0 Å². The summed E-state index contributed by atoms with van der Waals surface area (Å²) in [7, 11) is 0. The van der Waals surface area contributed by atoms with Crippen molar-refractivity contribution in [3.8, 4) is 28.0 Å². The first-order chi connectivity index (χ1) is 23.9. The molecule has 1 nitrogen and oxygen atoms in total. The van der Waals surface area contributed by atoms with Crippen molar-refractivity contribution in [3.05, 3.63) is 89.5 Å². The number of unbranched alkanes of at least 4 members (excludes halogenated alkanes) is 6. The van der Waals surface area contributed by atoms with Crippen molar-refractivity contribution in [2.45, 2.75) is 129 Å². The molecule has 0 N–H and O–H groups in total. The van der Waals surface area contributed by atoms with Crippen molar-refractivity contribution in [2.75, 3.05) is 6.61 Å². The number of halogens is 4. The SMILES string of the molecule is C/C=C/CCC1CCC(C2CCC(c3ccc(-c4ccc(-c5ccc(OCCCCCCCCC)c(F)c5F)cc4)c(F)c3F)CC2)CC1. The van der Waals surface area contributed by atoms with Crippen LogP contribution in [0.3, 0.4) is 0 Å². The Morgan fingerprint density at radius 1 is 0.612 bits per heavy atom. The molecule has 49 heavy (non-hydrogen) atoms. The smallest absolute Gasteiger partial charge is 0.201 e. The highest BCUT2D eigenvalue weighted by Gasteiger charge is 2.32. The van der Waals surface area contributed by atoms with Gasteiger partial charge in [0.1, 0.15) is 0 Å². The van der Waals surface area contributed by atoms with Gasteiger partial charge in [-0.15, -0.1) is 0 Å². The normalized spacial score (nSPS) is 21.3. The lowest BCUT2D eigenvalue weighted by molar-refractivity contribution is 0.156. The maximum absolute atomic E-state index is 15.5. The zero-order valence-corrected chi connectivity index (χ0v) is 29.7. The van der Waals surface area contributed by atoms with Crippen molar-refractivity contribution < 1.29 is 22.3 Å². The van der Waals surface area contributed by atoms with E-state index in [1.165, 1.54) is 76.3 Å². The van der Waals surface area contributed by atoms with Crippen LogP contribution in [-0.2, 0) is 0 Å². The Balaban J connectivity index is 1.14. The van der Waals surface area contributed by atoms with E-state index in [-0.39, 0.29) is 22.8 Å². The summed E-state index contributed by atoms with van der Waals surface area (Å²) in [5.74, 6) is -1.30. The molecule has 2 saturated carbocycles. The summed E-state index contributed by atoms with van der Waals surface area (Å²) in [6.45, 7) is 4.62. The quantitative estimate of drug-likeness (QED) is 0.0833. The van der Waals surface area contributed by atoms with Crippen molar-refractivity contribution in [2.24, 2.45) is 17.8 Å². The van der Waals surface area contributed by atoms with E-state index in [9.17, 15) is 4.39 Å². The molecular weight excluding hydrogens is 620 g/mol. The Morgan fingerprint density at radius 2 is 1.16 bits per heavy atom. The van der Waals surface area contributed by atoms with E-state index in [1.807, 2.05) is 0 Å². The predicted molar refractivity (Wildman–Crippen MR) is 195 cm³/mol. The molecule has 0 unspecified atom stereocenters. The van der Waals surface area contributed by atoms with Gasteiger partial charge in [0, 0.05) is 11.1 Å². The molecule has 2 aliphatic carbocycles. The number of hydrogen-bond donors (Lipinski definition) is 0. The van der Waals surface area contributed by atoms with E-state index >= 15 is 13.2 Å². The average Bonchev–Trinajstić information content (AvgIpc) is 3.13. The fraction of sp³-hybridized carbons (Fsp3) is 0.545. The minimum atomic E-state index is -1.01. The third-order valence-electron chi connectivity index (χ3n) is 11.4. The van der Waals surface area contributed by atoms with Gasteiger partial charge < -0.3 is 4.74 Å². The number of allylic oxidation sites excluding steroid dienone is 2. The van der Waals surface area contributed by atoms with Crippen molar-refractivity contribution in [1.29, 1.82) is 0 Å². The van der Waals surface area contributed by atoms with Gasteiger partial charge >= 0.3 is 0 Å². The second-order valence-electron chi connectivity index (χ2n) is 14.7. The molecular formula is C44H56F4O. The first-order valence-corrected chi connectivity index (χ1v) is 19.2. The summed E-state index contributed by atoms with van der Waals surface area (Å²) in [4.78, 5) is 0. The summed E-state index contributed by atoms with van der Waals surface area (Å²) in [5, 5.41) is 0. The van der Waals surface area contributed by atoms with E-state index in [0.717, 1.165) is 56.8 Å². The van der Waals surface area contributed by atoms with E-state index < -0.39 is 23.3 Å².